The molecule has 0 spiro atoms. The fourth-order valence-electron chi connectivity index (χ4n) is 2.24. The Bertz CT molecular complexity index is 827. The zero-order chi connectivity index (χ0) is 17.6. The Labute approximate surface area is 153 Å². The number of non-ortho nitro benzene ring substituents is 1. The van der Waals surface area contributed by atoms with Gasteiger partial charge >= 0.3 is 154 Å². The molecule has 3 rings (SSSR count). The van der Waals surface area contributed by atoms with Gasteiger partial charge in [0.15, 0.2) is 0 Å². The topological polar surface area (TPSA) is 69.4 Å². The molecule has 0 saturated heterocycles. The zero-order valence-electron chi connectivity index (χ0n) is 13.1. The minimum atomic E-state index is -2.96. The van der Waals surface area contributed by atoms with Gasteiger partial charge in [-0.1, -0.05) is 0 Å². The van der Waals surface area contributed by atoms with E-state index in [0.717, 1.165) is 6.54 Å². The van der Waals surface area contributed by atoms with Crippen LogP contribution in [0.1, 0.15) is 10.4 Å². The molecule has 0 saturated carbocycles. The number of benzene rings is 3. The Balaban J connectivity index is 1.87. The third-order valence-corrected chi connectivity index (χ3v) is 10.8. The maximum absolute atomic E-state index is 12.5. The van der Waals surface area contributed by atoms with Crippen LogP contribution in [0, 0.1) is 10.1 Å². The van der Waals surface area contributed by atoms with Crippen LogP contribution in [0.25, 0.3) is 0 Å². The van der Waals surface area contributed by atoms with Crippen molar-refractivity contribution < 1.29 is 12.5 Å². The molecule has 3 aromatic carbocycles. The molecule has 0 aliphatic rings. The van der Waals surface area contributed by atoms with Crippen molar-refractivity contribution in [1.29, 1.82) is 0 Å². The van der Waals surface area contributed by atoms with Gasteiger partial charge in [0.2, 0.25) is 0 Å². The molecule has 0 radical (unpaired) electrons. The molecule has 0 heterocycles. The second kappa shape index (κ2) is 7.99. The van der Waals surface area contributed by atoms with Crippen molar-refractivity contribution in [3.63, 3.8) is 0 Å². The summed E-state index contributed by atoms with van der Waals surface area (Å²) in [6.07, 6.45) is 0. The van der Waals surface area contributed by atoms with Gasteiger partial charge in [0.1, 0.15) is 0 Å². The van der Waals surface area contributed by atoms with E-state index in [1.54, 1.807) is 0 Å². The first-order valence-electron chi connectivity index (χ1n) is 7.52. The molecular formula is C19H14BiNO4. The number of nitro groups is 1. The van der Waals surface area contributed by atoms with Crippen LogP contribution in [-0.2, 0) is 2.81 Å². The van der Waals surface area contributed by atoms with Crippen LogP contribution in [0.2, 0.25) is 0 Å². The summed E-state index contributed by atoms with van der Waals surface area (Å²) < 4.78 is 8.01. The Hall–Kier alpha value is -2.59. The molecule has 3 aromatic rings. The third-order valence-electron chi connectivity index (χ3n) is 3.47. The summed E-state index contributed by atoms with van der Waals surface area (Å²) in [6, 6.07) is 25.0. The first-order chi connectivity index (χ1) is 12.1. The van der Waals surface area contributed by atoms with Gasteiger partial charge in [-0.2, -0.15) is 0 Å². The van der Waals surface area contributed by atoms with Gasteiger partial charge in [0.25, 0.3) is 0 Å². The second-order valence-corrected chi connectivity index (χ2v) is 12.2. The summed E-state index contributed by atoms with van der Waals surface area (Å²) in [5.41, 5.74) is 0.264. The van der Waals surface area contributed by atoms with Gasteiger partial charge in [-0.25, -0.2) is 0 Å². The molecule has 0 unspecified atom stereocenters. The van der Waals surface area contributed by atoms with Crippen LogP contribution in [-0.4, -0.2) is 33.1 Å². The number of hydrogen-bond acceptors (Lipinski definition) is 4. The number of hydrogen-bond donors (Lipinski definition) is 0. The van der Waals surface area contributed by atoms with Crippen LogP contribution in [0.4, 0.5) is 5.69 Å². The van der Waals surface area contributed by atoms with E-state index in [-0.39, 0.29) is 5.69 Å². The Kier molecular flexibility index (Phi) is 5.51. The second-order valence-electron chi connectivity index (χ2n) is 5.15. The van der Waals surface area contributed by atoms with Crippen molar-refractivity contribution in [3.05, 3.63) is 101 Å². The summed E-state index contributed by atoms with van der Waals surface area (Å²) in [5.74, 6) is -0.444. The van der Waals surface area contributed by atoms with Crippen molar-refractivity contribution in [2.45, 2.75) is 0 Å². The summed E-state index contributed by atoms with van der Waals surface area (Å²) in [6.45, 7) is 0. The number of rotatable bonds is 5. The number of carbonyl (C=O) groups is 1. The SMILES string of the molecule is O=C([O][Bi]([c]1ccccc1)[c]1ccccc1)c1ccc([N+](=O)[O-])cc1. The standard InChI is InChI=1S/C7H5NO4.2C6H5.Bi/c9-7(10)5-1-3-6(4-2-5)8(11)12;2*1-2-4-6-5-3-1;/h1-4H,(H,9,10);2*1-5H;/q;;;+1/p-1. The fraction of sp³-hybridized carbons (Fsp3) is 0. The fourth-order valence-corrected chi connectivity index (χ4v) is 8.71. The van der Waals surface area contributed by atoms with E-state index in [9.17, 15) is 14.9 Å². The zero-order valence-corrected chi connectivity index (χ0v) is 16.6. The van der Waals surface area contributed by atoms with E-state index in [1.165, 1.54) is 24.3 Å². The van der Waals surface area contributed by atoms with E-state index < -0.39 is 33.1 Å². The average molecular weight is 529 g/mol. The molecule has 0 atom stereocenters. The predicted molar refractivity (Wildman–Crippen MR) is 96.4 cm³/mol. The quantitative estimate of drug-likeness (QED) is 0.290. The number of nitro benzene ring substituents is 1. The summed E-state index contributed by atoms with van der Waals surface area (Å²) >= 11 is -2.96. The van der Waals surface area contributed by atoms with E-state index in [2.05, 4.69) is 0 Å². The van der Waals surface area contributed by atoms with Crippen LogP contribution in [0.5, 0.6) is 0 Å². The summed E-state index contributed by atoms with van der Waals surface area (Å²) in [7, 11) is 0. The van der Waals surface area contributed by atoms with Crippen molar-refractivity contribution in [2.75, 3.05) is 0 Å². The van der Waals surface area contributed by atoms with Gasteiger partial charge in [0, 0.05) is 0 Å². The normalized spacial score (nSPS) is 10.4. The summed E-state index contributed by atoms with van der Waals surface area (Å²) in [4.78, 5) is 22.8. The number of carbonyl (C=O) groups excluding carboxylic acids is 1. The molecule has 0 N–H and O–H groups in total. The maximum atomic E-state index is 12.5. The Morgan fingerprint density at radius 2 is 1.28 bits per heavy atom. The molecule has 124 valence electrons. The van der Waals surface area contributed by atoms with Gasteiger partial charge < -0.3 is 0 Å². The third kappa shape index (κ3) is 4.28. The average Bonchev–Trinajstić information content (AvgIpc) is 2.67. The molecule has 6 heteroatoms. The summed E-state index contributed by atoms with van der Waals surface area (Å²) in [5, 5.41) is 10.7. The van der Waals surface area contributed by atoms with Crippen LogP contribution in [0.3, 0.4) is 0 Å². The van der Waals surface area contributed by atoms with Gasteiger partial charge in [-0.05, 0) is 0 Å². The predicted octanol–water partition coefficient (Wildman–Crippen LogP) is 2.56. The van der Waals surface area contributed by atoms with E-state index in [4.69, 9.17) is 2.81 Å². The molecule has 0 bridgehead atoms. The van der Waals surface area contributed by atoms with Crippen LogP contribution < -0.4 is 6.54 Å². The van der Waals surface area contributed by atoms with Crippen LogP contribution in [0.15, 0.2) is 84.9 Å². The molecule has 25 heavy (non-hydrogen) atoms. The molecular weight excluding hydrogens is 515 g/mol. The van der Waals surface area contributed by atoms with Crippen LogP contribution >= 0.6 is 0 Å². The molecule has 0 aliphatic carbocycles. The Morgan fingerprint density at radius 1 is 0.800 bits per heavy atom. The molecule has 0 amide bonds. The van der Waals surface area contributed by atoms with Crippen molar-refractivity contribution in [2.24, 2.45) is 0 Å². The van der Waals surface area contributed by atoms with Gasteiger partial charge in [-0.3, -0.25) is 0 Å². The first-order valence-corrected chi connectivity index (χ1v) is 12.4. The monoisotopic (exact) mass is 529 g/mol. The Morgan fingerprint density at radius 3 is 1.72 bits per heavy atom. The van der Waals surface area contributed by atoms with Crippen molar-refractivity contribution in [1.82, 2.24) is 0 Å². The van der Waals surface area contributed by atoms with Crippen molar-refractivity contribution >= 4 is 40.4 Å². The van der Waals surface area contributed by atoms with Gasteiger partial charge in [0.05, 0.1) is 0 Å². The molecule has 5 nitrogen and oxygen atoms in total. The van der Waals surface area contributed by atoms with E-state index in [1.807, 2.05) is 60.7 Å². The van der Waals surface area contributed by atoms with Gasteiger partial charge in [-0.15, -0.1) is 0 Å². The molecule has 0 aromatic heterocycles. The first kappa shape index (κ1) is 17.2. The number of nitrogens with zero attached hydrogens (tertiary/aromatic N) is 1. The molecule has 0 aliphatic heterocycles. The van der Waals surface area contributed by atoms with E-state index >= 15 is 0 Å². The van der Waals surface area contributed by atoms with E-state index in [0.29, 0.717) is 5.56 Å². The molecule has 0 fully saturated rings. The minimum absolute atomic E-state index is 0.0535. The van der Waals surface area contributed by atoms with Crippen molar-refractivity contribution in [3.8, 4) is 0 Å².